The third-order valence-corrected chi connectivity index (χ3v) is 4.72. The molecule has 222 valence electrons. The van der Waals surface area contributed by atoms with Crippen LogP contribution in [-0.2, 0) is 10.1 Å². The molecule has 4 nitrogen and oxygen atoms in total. The fourth-order valence-electron chi connectivity index (χ4n) is 1.65. The average Bonchev–Trinajstić information content (AvgIpc) is 2.65. The van der Waals surface area contributed by atoms with E-state index in [1.807, 2.05) is 0 Å². The highest BCUT2D eigenvalue weighted by molar-refractivity contribution is 7.85. The molecule has 0 aliphatic heterocycles. The van der Waals surface area contributed by atoms with E-state index in [1.54, 1.807) is 0 Å². The van der Waals surface area contributed by atoms with Crippen LogP contribution >= 0.6 is 12.2 Å². The van der Waals surface area contributed by atoms with E-state index in [1.165, 1.54) is 0 Å². The summed E-state index contributed by atoms with van der Waals surface area (Å²) in [7, 11) is -3.79. The Morgan fingerprint density at radius 2 is 1.03 bits per heavy atom. The van der Waals surface area contributed by atoms with Crippen molar-refractivity contribution in [2.45, 2.75) is 61.1 Å². The lowest BCUT2D eigenvalue weighted by atomic mass is 9.90. The van der Waals surface area contributed by atoms with Gasteiger partial charge in [0.25, 0.3) is 10.1 Å². The first-order valence-electron chi connectivity index (χ1n) is 8.35. The molecule has 0 bridgehead atoms. The van der Waals surface area contributed by atoms with Gasteiger partial charge in [0.2, 0.25) is 0 Å². The van der Waals surface area contributed by atoms with Crippen LogP contribution in [0.1, 0.15) is 13.3 Å². The van der Waals surface area contributed by atoms with E-state index in [9.17, 15) is 83.1 Å². The summed E-state index contributed by atoms with van der Waals surface area (Å²) in [5.41, 5.74) is 0. The molecule has 0 atom stereocenters. The number of rotatable bonds is 10. The lowest BCUT2D eigenvalue weighted by Crippen LogP contribution is -2.75. The molecule has 0 aromatic heterocycles. The maximum atomic E-state index is 13.3. The Hall–Kier alpha value is -1.65. The highest BCUT2D eigenvalue weighted by atomic mass is 32.2. The minimum Gasteiger partial charge on any atom is -0.316 e. The van der Waals surface area contributed by atoms with Gasteiger partial charge in [-0.3, -0.25) is 4.55 Å². The predicted molar refractivity (Wildman–Crippen MR) is 93.3 cm³/mol. The van der Waals surface area contributed by atoms with Gasteiger partial charge in [0.05, 0.1) is 10.7 Å². The number of halogens is 17. The van der Waals surface area contributed by atoms with Crippen molar-refractivity contribution in [3.8, 4) is 0 Å². The van der Waals surface area contributed by atoms with E-state index in [0.29, 0.717) is 0 Å². The largest absolute Gasteiger partial charge is 0.460 e. The molecular weight excluding hydrogens is 617 g/mol. The van der Waals surface area contributed by atoms with Crippen molar-refractivity contribution < 1.29 is 87.6 Å². The van der Waals surface area contributed by atoms with Gasteiger partial charge >= 0.3 is 47.8 Å². The minimum atomic E-state index is -8.63. The number of hydrogen-bond donors (Lipinski definition) is 2. The van der Waals surface area contributed by atoms with Gasteiger partial charge in [0, 0.05) is 0 Å². The molecule has 0 spiro atoms. The van der Waals surface area contributed by atoms with Gasteiger partial charge in [-0.2, -0.15) is 83.1 Å². The molecule has 0 aliphatic carbocycles. The van der Waals surface area contributed by atoms with Crippen molar-refractivity contribution in [2.24, 2.45) is 0 Å². The second-order valence-corrected chi connectivity index (χ2v) is 8.45. The summed E-state index contributed by atoms with van der Waals surface area (Å²) in [6.07, 6.45) is -7.50. The summed E-state index contributed by atoms with van der Waals surface area (Å²) in [6, 6.07) is -6.68. The Morgan fingerprint density at radius 3 is 1.24 bits per heavy atom. The Balaban J connectivity index is 0. The fourth-order valence-corrected chi connectivity index (χ4v) is 2.08. The molecular formula is C14H12F17NO3S2. The van der Waals surface area contributed by atoms with Crippen LogP contribution in [0.4, 0.5) is 74.6 Å². The zero-order chi connectivity index (χ0) is 30.9. The first kappa shape index (κ1) is 37.5. The highest BCUT2D eigenvalue weighted by Gasteiger charge is 2.95. The zero-order valence-corrected chi connectivity index (χ0v) is 18.8. The van der Waals surface area contributed by atoms with Crippen molar-refractivity contribution in [1.29, 1.82) is 0 Å². The van der Waals surface area contributed by atoms with Crippen LogP contribution < -0.4 is 5.32 Å². The van der Waals surface area contributed by atoms with E-state index >= 15 is 0 Å². The molecule has 37 heavy (non-hydrogen) atoms. The first-order valence-corrected chi connectivity index (χ1v) is 10.4. The topological polar surface area (TPSA) is 66.4 Å². The fraction of sp³-hybridized carbons (Fsp3) is 0.786. The van der Waals surface area contributed by atoms with Gasteiger partial charge in [-0.05, 0) is 6.42 Å². The van der Waals surface area contributed by atoms with Crippen LogP contribution in [0.25, 0.3) is 0 Å². The molecule has 0 saturated heterocycles. The summed E-state index contributed by atoms with van der Waals surface area (Å²) in [5.74, 6) is -50.4. The molecule has 0 saturated carbocycles. The van der Waals surface area contributed by atoms with Crippen molar-refractivity contribution in [3.05, 3.63) is 12.7 Å². The van der Waals surface area contributed by atoms with E-state index < -0.39 is 69.3 Å². The van der Waals surface area contributed by atoms with E-state index in [0.717, 1.165) is 13.0 Å². The molecule has 0 fully saturated rings. The number of thiocarbonyl (C=S) groups is 1. The quantitative estimate of drug-likeness (QED) is 0.0972. The number of hydrogen-bond acceptors (Lipinski definition) is 3. The van der Waals surface area contributed by atoms with Crippen molar-refractivity contribution in [1.82, 2.24) is 5.32 Å². The first-order chi connectivity index (χ1) is 15.8. The molecule has 0 amide bonds. The minimum absolute atomic E-state index is 0.0433. The molecule has 2 N–H and O–H groups in total. The van der Waals surface area contributed by atoms with Crippen molar-refractivity contribution in [3.63, 3.8) is 0 Å². The Bertz CT molecular complexity index is 928. The summed E-state index contributed by atoms with van der Waals surface area (Å²) in [4.78, 5) is -1.46. The summed E-state index contributed by atoms with van der Waals surface area (Å²) < 4.78 is 247. The van der Waals surface area contributed by atoms with Crippen LogP contribution in [0.5, 0.6) is 0 Å². The molecule has 0 aromatic carbocycles. The molecule has 0 rings (SSSR count). The van der Waals surface area contributed by atoms with Gasteiger partial charge in [-0.15, -0.1) is 6.58 Å². The van der Waals surface area contributed by atoms with E-state index in [4.69, 9.17) is 4.55 Å². The maximum Gasteiger partial charge on any atom is 0.460 e. The monoisotopic (exact) mass is 629 g/mol. The smallest absolute Gasteiger partial charge is 0.316 e. The van der Waals surface area contributed by atoms with Crippen molar-refractivity contribution >= 4 is 27.3 Å². The molecule has 0 radical (unpaired) electrons. The third-order valence-electron chi connectivity index (χ3n) is 3.67. The summed E-state index contributed by atoms with van der Waals surface area (Å²) in [5, 5.41) is 0.0433. The normalized spacial score (nSPS) is 15.0. The molecule has 0 aromatic rings. The third kappa shape index (κ3) is 6.87. The molecule has 0 heterocycles. The number of alkyl halides is 17. The van der Waals surface area contributed by atoms with Gasteiger partial charge in [0.1, 0.15) is 0 Å². The van der Waals surface area contributed by atoms with Gasteiger partial charge in [0.15, 0.2) is 0 Å². The van der Waals surface area contributed by atoms with Gasteiger partial charge in [-0.1, -0.05) is 25.2 Å². The van der Waals surface area contributed by atoms with Gasteiger partial charge < -0.3 is 5.32 Å². The predicted octanol–water partition coefficient (Wildman–Crippen LogP) is 6.34. The second-order valence-electron chi connectivity index (χ2n) is 6.46. The number of nitrogens with one attached hydrogen (secondary N) is 1. The Labute approximate surface area is 200 Å². The maximum absolute atomic E-state index is 13.3. The molecule has 0 aliphatic rings. The standard InChI is InChI=1S/C11H6F17NS.C3H6O3S/c1-2-3(30)29-11(27,28)9(22,23)7(18,19)5(14,15)4(12,13)6(16,17)8(20,21)10(24,25)26;1-2-3-7(4,5)6/h2H2,1H3,(H,29,30);2H,1,3H2,(H,4,5,6). The molecule has 0 unspecified atom stereocenters. The lowest BCUT2D eigenvalue weighted by molar-refractivity contribution is -0.462. The van der Waals surface area contributed by atoms with Crippen LogP contribution in [-0.4, -0.2) is 71.5 Å². The average molecular weight is 629 g/mol. The van der Waals surface area contributed by atoms with Crippen LogP contribution in [0.2, 0.25) is 0 Å². The van der Waals surface area contributed by atoms with Crippen LogP contribution in [0, 0.1) is 0 Å². The van der Waals surface area contributed by atoms with E-state index in [2.05, 4.69) is 18.8 Å². The van der Waals surface area contributed by atoms with Gasteiger partial charge in [-0.25, -0.2) is 0 Å². The summed E-state index contributed by atoms with van der Waals surface area (Å²) in [6.45, 7) is 3.92. The van der Waals surface area contributed by atoms with Crippen LogP contribution in [0.15, 0.2) is 12.7 Å². The Kier molecular flexibility index (Phi) is 11.0. The SMILES string of the molecule is C=CCS(=O)(=O)O.CCC(=S)NC(F)(F)C(F)(F)C(F)(F)C(F)(F)C(F)(F)C(F)(F)C(F)(F)C(F)(F)F. The van der Waals surface area contributed by atoms with Crippen molar-refractivity contribution in [2.75, 3.05) is 5.75 Å². The second kappa shape index (κ2) is 10.8. The molecule has 23 heteroatoms. The van der Waals surface area contributed by atoms with E-state index in [-0.39, 0.29) is 11.1 Å². The highest BCUT2D eigenvalue weighted by Crippen LogP contribution is 2.63. The summed E-state index contributed by atoms with van der Waals surface area (Å²) >= 11 is 3.86. The Morgan fingerprint density at radius 1 is 0.730 bits per heavy atom. The van der Waals surface area contributed by atoms with Crippen LogP contribution in [0.3, 0.4) is 0 Å². The lowest BCUT2D eigenvalue weighted by Gasteiger charge is -2.42. The zero-order valence-electron chi connectivity index (χ0n) is 17.2.